The average molecular weight is 451 g/mol. The Morgan fingerprint density at radius 2 is 1.77 bits per heavy atom. The number of hydrogen-bond acceptors (Lipinski definition) is 3. The number of nitrogens with one attached hydrogen (secondary N) is 1. The van der Waals surface area contributed by atoms with Crippen molar-refractivity contribution in [2.24, 2.45) is 0 Å². The van der Waals surface area contributed by atoms with Crippen molar-refractivity contribution in [3.63, 3.8) is 0 Å². The molecule has 160 valence electrons. The van der Waals surface area contributed by atoms with Crippen molar-refractivity contribution in [3.8, 4) is 0 Å². The molecule has 4 rings (SSSR count). The predicted molar refractivity (Wildman–Crippen MR) is 113 cm³/mol. The molecule has 2 fully saturated rings. The molecule has 0 radical (unpaired) electrons. The van der Waals surface area contributed by atoms with Crippen molar-refractivity contribution in [1.82, 2.24) is 9.62 Å². The van der Waals surface area contributed by atoms with Gasteiger partial charge in [-0.2, -0.15) is 0 Å². The summed E-state index contributed by atoms with van der Waals surface area (Å²) in [5.41, 5.74) is 0.455. The summed E-state index contributed by atoms with van der Waals surface area (Å²) in [4.78, 5) is 15.3. The van der Waals surface area contributed by atoms with E-state index in [0.717, 1.165) is 37.0 Å². The van der Waals surface area contributed by atoms with Crippen LogP contribution in [0.1, 0.15) is 37.7 Å². The molecule has 2 aromatic carbocycles. The van der Waals surface area contributed by atoms with E-state index in [2.05, 4.69) is 4.72 Å². The Balaban J connectivity index is 1.40. The summed E-state index contributed by atoms with van der Waals surface area (Å²) < 4.78 is 40.8. The Bertz CT molecular complexity index is 1030. The molecule has 5 nitrogen and oxygen atoms in total. The van der Waals surface area contributed by atoms with Crippen molar-refractivity contribution in [3.05, 3.63) is 64.9 Å². The number of rotatable bonds is 5. The van der Waals surface area contributed by atoms with Gasteiger partial charge in [0.15, 0.2) is 0 Å². The van der Waals surface area contributed by atoms with E-state index in [-0.39, 0.29) is 16.8 Å². The third-order valence-electron chi connectivity index (χ3n) is 6.22. The van der Waals surface area contributed by atoms with Gasteiger partial charge in [-0.05, 0) is 67.6 Å². The lowest BCUT2D eigenvalue weighted by Crippen LogP contribution is -2.55. The molecule has 1 amide bonds. The first-order chi connectivity index (χ1) is 14.3. The number of carbonyl (C=O) groups excluding carboxylic acids is 1. The molecule has 1 N–H and O–H groups in total. The van der Waals surface area contributed by atoms with Crippen LogP contribution in [-0.4, -0.2) is 38.4 Å². The fourth-order valence-electron chi connectivity index (χ4n) is 4.35. The number of carbonyl (C=O) groups is 1. The van der Waals surface area contributed by atoms with Crippen LogP contribution in [0, 0.1) is 5.82 Å². The maximum absolute atomic E-state index is 13.4. The second kappa shape index (κ2) is 8.29. The Labute approximate surface area is 181 Å². The Kier molecular flexibility index (Phi) is 5.88. The van der Waals surface area contributed by atoms with Gasteiger partial charge in [0.05, 0.1) is 10.3 Å². The van der Waals surface area contributed by atoms with Gasteiger partial charge in [-0.25, -0.2) is 17.5 Å². The molecule has 1 saturated heterocycles. The largest absolute Gasteiger partial charge is 0.342 e. The summed E-state index contributed by atoms with van der Waals surface area (Å²) in [6.07, 6.45) is 3.70. The SMILES string of the molecule is O=C(N1CCC(NS(=O)(=O)c2ccc(F)cc2)CC1)C1(c2cccc(Cl)c2)CCC1. The van der Waals surface area contributed by atoms with Gasteiger partial charge in [0.25, 0.3) is 0 Å². The molecular weight excluding hydrogens is 427 g/mol. The first kappa shape index (κ1) is 21.3. The van der Waals surface area contributed by atoms with Crippen molar-refractivity contribution in [2.75, 3.05) is 13.1 Å². The molecule has 0 aromatic heterocycles. The van der Waals surface area contributed by atoms with Crippen LogP contribution in [0.3, 0.4) is 0 Å². The topological polar surface area (TPSA) is 66.5 Å². The fraction of sp³-hybridized carbons (Fsp3) is 0.409. The van der Waals surface area contributed by atoms with Crippen LogP contribution in [0.15, 0.2) is 53.4 Å². The average Bonchev–Trinajstić information content (AvgIpc) is 2.68. The minimum absolute atomic E-state index is 0.0387. The van der Waals surface area contributed by atoms with Crippen molar-refractivity contribution in [1.29, 1.82) is 0 Å². The van der Waals surface area contributed by atoms with Crippen LogP contribution >= 0.6 is 11.6 Å². The van der Waals surface area contributed by atoms with E-state index in [1.165, 1.54) is 12.1 Å². The molecule has 8 heteroatoms. The van der Waals surface area contributed by atoms with E-state index in [4.69, 9.17) is 11.6 Å². The summed E-state index contributed by atoms with van der Waals surface area (Å²) >= 11 is 6.15. The standard InChI is InChI=1S/C22H24ClFN2O3S/c23-17-4-1-3-16(15-17)22(11-2-12-22)21(27)26-13-9-19(10-14-26)25-30(28,29)20-7-5-18(24)6-8-20/h1,3-8,15,19,25H,2,9-14H2. The van der Waals surface area contributed by atoms with Crippen LogP contribution in [0.2, 0.25) is 5.02 Å². The number of nitrogens with zero attached hydrogens (tertiary/aromatic N) is 1. The highest BCUT2D eigenvalue weighted by Crippen LogP contribution is 2.46. The number of piperidine rings is 1. The number of benzene rings is 2. The lowest BCUT2D eigenvalue weighted by Gasteiger charge is -2.45. The van der Waals surface area contributed by atoms with Crippen molar-refractivity contribution in [2.45, 2.75) is 48.5 Å². The highest BCUT2D eigenvalue weighted by atomic mass is 35.5. The molecular formula is C22H24ClFN2O3S. The number of hydrogen-bond donors (Lipinski definition) is 1. The third-order valence-corrected chi connectivity index (χ3v) is 7.99. The van der Waals surface area contributed by atoms with Crippen molar-refractivity contribution >= 4 is 27.5 Å². The lowest BCUT2D eigenvalue weighted by molar-refractivity contribution is -0.142. The summed E-state index contributed by atoms with van der Waals surface area (Å²) in [6, 6.07) is 12.0. The molecule has 0 bridgehead atoms. The molecule has 1 aliphatic heterocycles. The predicted octanol–water partition coefficient (Wildman–Crippen LogP) is 3.87. The van der Waals surface area contributed by atoms with E-state index < -0.39 is 21.3 Å². The number of halogens is 2. The Hall–Kier alpha value is -1.96. The minimum atomic E-state index is -3.72. The van der Waals surface area contributed by atoms with Crippen LogP contribution in [0.25, 0.3) is 0 Å². The van der Waals surface area contributed by atoms with Gasteiger partial charge < -0.3 is 4.90 Å². The first-order valence-electron chi connectivity index (χ1n) is 10.1. The van der Waals surface area contributed by atoms with E-state index in [1.807, 2.05) is 23.1 Å². The minimum Gasteiger partial charge on any atom is -0.342 e. The molecule has 30 heavy (non-hydrogen) atoms. The second-order valence-electron chi connectivity index (χ2n) is 8.09. The molecule has 1 saturated carbocycles. The van der Waals surface area contributed by atoms with Crippen molar-refractivity contribution < 1.29 is 17.6 Å². The molecule has 2 aliphatic rings. The molecule has 1 heterocycles. The van der Waals surface area contributed by atoms with Crippen LogP contribution in [0.4, 0.5) is 4.39 Å². The molecule has 2 aromatic rings. The van der Waals surface area contributed by atoms with Gasteiger partial charge in [0, 0.05) is 24.2 Å². The van der Waals surface area contributed by atoms with Crippen LogP contribution < -0.4 is 4.72 Å². The smallest absolute Gasteiger partial charge is 0.240 e. The van der Waals surface area contributed by atoms with Gasteiger partial charge in [0.2, 0.25) is 15.9 Å². The highest BCUT2D eigenvalue weighted by Gasteiger charge is 2.48. The van der Waals surface area contributed by atoms with Crippen LogP contribution in [-0.2, 0) is 20.2 Å². The number of sulfonamides is 1. The van der Waals surface area contributed by atoms with Crippen LogP contribution in [0.5, 0.6) is 0 Å². The molecule has 1 aliphatic carbocycles. The molecule has 0 atom stereocenters. The van der Waals surface area contributed by atoms with E-state index >= 15 is 0 Å². The van der Waals surface area contributed by atoms with E-state index in [9.17, 15) is 17.6 Å². The quantitative estimate of drug-likeness (QED) is 0.752. The zero-order valence-electron chi connectivity index (χ0n) is 16.5. The fourth-order valence-corrected chi connectivity index (χ4v) is 5.84. The van der Waals surface area contributed by atoms with Gasteiger partial charge in [-0.3, -0.25) is 4.79 Å². The normalized spacial score (nSPS) is 19.3. The summed E-state index contributed by atoms with van der Waals surface area (Å²) in [5, 5.41) is 0.625. The number of likely N-dealkylation sites (tertiary alicyclic amines) is 1. The molecule has 0 unspecified atom stereocenters. The maximum atomic E-state index is 13.4. The molecule has 0 spiro atoms. The van der Waals surface area contributed by atoms with Gasteiger partial charge in [0.1, 0.15) is 5.82 Å². The lowest BCUT2D eigenvalue weighted by atomic mass is 9.63. The zero-order chi connectivity index (χ0) is 21.4. The monoisotopic (exact) mass is 450 g/mol. The first-order valence-corrected chi connectivity index (χ1v) is 12.0. The maximum Gasteiger partial charge on any atom is 0.240 e. The Morgan fingerprint density at radius 3 is 2.33 bits per heavy atom. The van der Waals surface area contributed by atoms with Gasteiger partial charge in [-0.1, -0.05) is 30.2 Å². The summed E-state index contributed by atoms with van der Waals surface area (Å²) in [7, 11) is -3.72. The van der Waals surface area contributed by atoms with Gasteiger partial charge in [-0.15, -0.1) is 0 Å². The van der Waals surface area contributed by atoms with E-state index in [1.54, 1.807) is 6.07 Å². The summed E-state index contributed by atoms with van der Waals surface area (Å²) in [6.45, 7) is 0.996. The highest BCUT2D eigenvalue weighted by molar-refractivity contribution is 7.89. The second-order valence-corrected chi connectivity index (χ2v) is 10.2. The Morgan fingerprint density at radius 1 is 1.10 bits per heavy atom. The zero-order valence-corrected chi connectivity index (χ0v) is 18.1. The van der Waals surface area contributed by atoms with Gasteiger partial charge >= 0.3 is 0 Å². The number of amides is 1. The summed E-state index contributed by atoms with van der Waals surface area (Å²) in [5.74, 6) is -0.374. The van der Waals surface area contributed by atoms with E-state index in [0.29, 0.717) is 31.0 Å². The third kappa shape index (κ3) is 4.11.